The van der Waals surface area contributed by atoms with Crippen LogP contribution in [0.4, 0.5) is 10.1 Å². The molecule has 0 atom stereocenters. The van der Waals surface area contributed by atoms with Crippen molar-refractivity contribution in [3.63, 3.8) is 0 Å². The highest BCUT2D eigenvalue weighted by atomic mass is 32.2. The molecule has 0 radical (unpaired) electrons. The molecule has 0 bridgehead atoms. The number of hydrogen-bond acceptors (Lipinski definition) is 4. The predicted molar refractivity (Wildman–Crippen MR) is 71.7 cm³/mol. The van der Waals surface area contributed by atoms with E-state index in [-0.39, 0.29) is 12.2 Å². The highest BCUT2D eigenvalue weighted by molar-refractivity contribution is 7.89. The van der Waals surface area contributed by atoms with Crippen molar-refractivity contribution in [2.45, 2.75) is 23.8 Å². The maximum Gasteiger partial charge on any atom is 0.243 e. The van der Waals surface area contributed by atoms with E-state index in [1.807, 2.05) is 7.05 Å². The standard InChI is InChI=1S/C12H18FN3O2S/c1-16(10-3-4-10)7-6-15-19(17,18)12-8-9(14)2-5-11(12)13/h2,5,8,10,15H,3-4,6-7,14H2,1H3. The van der Waals surface area contributed by atoms with Crippen LogP contribution in [0.25, 0.3) is 0 Å². The summed E-state index contributed by atoms with van der Waals surface area (Å²) in [6.45, 7) is 0.859. The summed E-state index contributed by atoms with van der Waals surface area (Å²) in [6, 6.07) is 4.08. The molecular weight excluding hydrogens is 269 g/mol. The third-order valence-corrected chi connectivity index (χ3v) is 4.65. The van der Waals surface area contributed by atoms with Crippen LogP contribution in [0.3, 0.4) is 0 Å². The SMILES string of the molecule is CN(CCNS(=O)(=O)c1cc(N)ccc1F)C1CC1. The van der Waals surface area contributed by atoms with Crippen molar-refractivity contribution in [2.75, 3.05) is 25.9 Å². The molecule has 19 heavy (non-hydrogen) atoms. The van der Waals surface area contributed by atoms with Crippen molar-refractivity contribution in [1.29, 1.82) is 0 Å². The van der Waals surface area contributed by atoms with Gasteiger partial charge >= 0.3 is 0 Å². The lowest BCUT2D eigenvalue weighted by molar-refractivity contribution is 0.329. The molecule has 7 heteroatoms. The number of rotatable bonds is 6. The zero-order valence-electron chi connectivity index (χ0n) is 10.8. The Morgan fingerprint density at radius 3 is 2.79 bits per heavy atom. The molecule has 1 aliphatic carbocycles. The molecule has 0 amide bonds. The van der Waals surface area contributed by atoms with E-state index in [9.17, 15) is 12.8 Å². The summed E-state index contributed by atoms with van der Waals surface area (Å²) >= 11 is 0. The first-order chi connectivity index (χ1) is 8.90. The lowest BCUT2D eigenvalue weighted by atomic mass is 10.3. The molecule has 1 aliphatic rings. The van der Waals surface area contributed by atoms with Crippen LogP contribution in [0.5, 0.6) is 0 Å². The smallest absolute Gasteiger partial charge is 0.243 e. The van der Waals surface area contributed by atoms with Crippen LogP contribution in [0, 0.1) is 5.82 Å². The molecular formula is C12H18FN3O2S. The second kappa shape index (κ2) is 5.44. The van der Waals surface area contributed by atoms with Crippen LogP contribution in [-0.4, -0.2) is 39.5 Å². The Bertz CT molecular complexity index is 558. The van der Waals surface area contributed by atoms with Crippen LogP contribution < -0.4 is 10.5 Å². The number of benzene rings is 1. The van der Waals surface area contributed by atoms with E-state index in [4.69, 9.17) is 5.73 Å². The maximum atomic E-state index is 13.5. The van der Waals surface area contributed by atoms with Crippen molar-refractivity contribution >= 4 is 15.7 Å². The minimum atomic E-state index is -3.85. The summed E-state index contributed by atoms with van der Waals surface area (Å²) < 4.78 is 39.8. The van der Waals surface area contributed by atoms with Crippen LogP contribution >= 0.6 is 0 Å². The van der Waals surface area contributed by atoms with Gasteiger partial charge in [-0.2, -0.15) is 0 Å². The molecule has 0 saturated heterocycles. The zero-order valence-corrected chi connectivity index (χ0v) is 11.6. The van der Waals surface area contributed by atoms with Gasteiger partial charge in [-0.05, 0) is 38.1 Å². The van der Waals surface area contributed by atoms with Gasteiger partial charge in [0.1, 0.15) is 10.7 Å². The Labute approximate surface area is 112 Å². The van der Waals surface area contributed by atoms with E-state index in [0.29, 0.717) is 12.6 Å². The molecule has 1 fully saturated rings. The molecule has 0 heterocycles. The van der Waals surface area contributed by atoms with Gasteiger partial charge in [0.15, 0.2) is 0 Å². The summed E-state index contributed by atoms with van der Waals surface area (Å²) in [5.41, 5.74) is 5.70. The zero-order chi connectivity index (χ0) is 14.0. The number of likely N-dealkylation sites (N-methyl/N-ethyl adjacent to an activating group) is 1. The highest BCUT2D eigenvalue weighted by Crippen LogP contribution is 2.24. The van der Waals surface area contributed by atoms with Gasteiger partial charge in [-0.15, -0.1) is 0 Å². The first-order valence-electron chi connectivity index (χ1n) is 6.15. The van der Waals surface area contributed by atoms with E-state index in [2.05, 4.69) is 9.62 Å². The molecule has 3 N–H and O–H groups in total. The fourth-order valence-corrected chi connectivity index (χ4v) is 2.99. The van der Waals surface area contributed by atoms with Gasteiger partial charge in [-0.1, -0.05) is 0 Å². The molecule has 0 unspecified atom stereocenters. The Morgan fingerprint density at radius 1 is 1.47 bits per heavy atom. The second-order valence-electron chi connectivity index (χ2n) is 4.80. The number of anilines is 1. The lowest BCUT2D eigenvalue weighted by Gasteiger charge is -2.16. The van der Waals surface area contributed by atoms with Crippen molar-refractivity contribution in [1.82, 2.24) is 9.62 Å². The summed E-state index contributed by atoms with van der Waals surface area (Å²) in [6.07, 6.45) is 2.32. The number of nitrogens with one attached hydrogen (secondary N) is 1. The molecule has 106 valence electrons. The van der Waals surface area contributed by atoms with Gasteiger partial charge in [-0.3, -0.25) is 0 Å². The Balaban J connectivity index is 1.99. The molecule has 1 aromatic carbocycles. The number of nitrogens with zero attached hydrogens (tertiary/aromatic N) is 1. The van der Waals surface area contributed by atoms with E-state index >= 15 is 0 Å². The third-order valence-electron chi connectivity index (χ3n) is 3.17. The minimum Gasteiger partial charge on any atom is -0.399 e. The molecule has 0 spiro atoms. The van der Waals surface area contributed by atoms with E-state index in [1.165, 1.54) is 6.07 Å². The molecule has 0 aliphatic heterocycles. The maximum absolute atomic E-state index is 13.5. The lowest BCUT2D eigenvalue weighted by Crippen LogP contribution is -2.34. The molecule has 1 saturated carbocycles. The number of hydrogen-bond donors (Lipinski definition) is 2. The topological polar surface area (TPSA) is 75.4 Å². The van der Waals surface area contributed by atoms with E-state index < -0.39 is 20.7 Å². The van der Waals surface area contributed by atoms with Gasteiger partial charge in [0.25, 0.3) is 0 Å². The Kier molecular flexibility index (Phi) is 4.07. The quantitative estimate of drug-likeness (QED) is 0.758. The minimum absolute atomic E-state index is 0.219. The van der Waals surface area contributed by atoms with Crippen LogP contribution in [0.2, 0.25) is 0 Å². The van der Waals surface area contributed by atoms with Crippen molar-refractivity contribution < 1.29 is 12.8 Å². The fraction of sp³-hybridized carbons (Fsp3) is 0.500. The van der Waals surface area contributed by atoms with Crippen LogP contribution in [-0.2, 0) is 10.0 Å². The summed E-state index contributed by atoms with van der Waals surface area (Å²) in [5.74, 6) is -0.794. The first-order valence-corrected chi connectivity index (χ1v) is 7.63. The average molecular weight is 287 g/mol. The Hall–Kier alpha value is -1.18. The molecule has 2 rings (SSSR count). The summed E-state index contributed by atoms with van der Waals surface area (Å²) in [7, 11) is -1.89. The number of halogens is 1. The monoisotopic (exact) mass is 287 g/mol. The van der Waals surface area contributed by atoms with E-state index in [0.717, 1.165) is 25.0 Å². The summed E-state index contributed by atoms with van der Waals surface area (Å²) in [4.78, 5) is 1.69. The van der Waals surface area contributed by atoms with Gasteiger partial charge in [-0.25, -0.2) is 17.5 Å². The van der Waals surface area contributed by atoms with Crippen molar-refractivity contribution in [3.8, 4) is 0 Å². The normalized spacial score (nSPS) is 15.9. The van der Waals surface area contributed by atoms with E-state index in [1.54, 1.807) is 0 Å². The number of nitrogen functional groups attached to an aromatic ring is 1. The van der Waals surface area contributed by atoms with Gasteiger partial charge in [0.05, 0.1) is 0 Å². The second-order valence-corrected chi connectivity index (χ2v) is 6.53. The van der Waals surface area contributed by atoms with Gasteiger partial charge < -0.3 is 10.6 Å². The molecule has 0 aromatic heterocycles. The predicted octanol–water partition coefficient (Wildman–Crippen LogP) is 0.780. The number of nitrogens with two attached hydrogens (primary N) is 1. The fourth-order valence-electron chi connectivity index (χ4n) is 1.86. The number of sulfonamides is 1. The first kappa shape index (κ1) is 14.2. The van der Waals surface area contributed by atoms with Crippen LogP contribution in [0.1, 0.15) is 12.8 Å². The van der Waals surface area contributed by atoms with Crippen molar-refractivity contribution in [2.24, 2.45) is 0 Å². The highest BCUT2D eigenvalue weighted by Gasteiger charge is 2.26. The average Bonchev–Trinajstić information content (AvgIpc) is 3.15. The molecule has 5 nitrogen and oxygen atoms in total. The van der Waals surface area contributed by atoms with Crippen LogP contribution in [0.15, 0.2) is 23.1 Å². The van der Waals surface area contributed by atoms with Crippen molar-refractivity contribution in [3.05, 3.63) is 24.0 Å². The van der Waals surface area contributed by atoms with Gasteiger partial charge in [0.2, 0.25) is 10.0 Å². The summed E-state index contributed by atoms with van der Waals surface area (Å²) in [5, 5.41) is 0. The van der Waals surface area contributed by atoms with Gasteiger partial charge in [0, 0.05) is 24.8 Å². The largest absolute Gasteiger partial charge is 0.399 e. The molecule has 1 aromatic rings. The Morgan fingerprint density at radius 2 is 2.16 bits per heavy atom. The third kappa shape index (κ3) is 3.65.